The molecule has 2 aromatic rings. The Hall–Kier alpha value is -1.95. The van der Waals surface area contributed by atoms with E-state index in [-0.39, 0.29) is 5.41 Å². The van der Waals surface area contributed by atoms with Crippen LogP contribution in [0.2, 0.25) is 5.02 Å². The molecule has 0 bridgehead atoms. The fourth-order valence-corrected chi connectivity index (χ4v) is 2.60. The van der Waals surface area contributed by atoms with Gasteiger partial charge in [0.2, 0.25) is 5.95 Å². The summed E-state index contributed by atoms with van der Waals surface area (Å²) in [5, 5.41) is 9.31. The predicted molar refractivity (Wildman–Crippen MR) is 92.2 cm³/mol. The van der Waals surface area contributed by atoms with Crippen LogP contribution >= 0.6 is 11.6 Å². The van der Waals surface area contributed by atoms with Crippen molar-refractivity contribution in [1.82, 2.24) is 20.2 Å². The summed E-state index contributed by atoms with van der Waals surface area (Å²) in [4.78, 5) is 12.9. The van der Waals surface area contributed by atoms with Gasteiger partial charge >= 0.3 is 0 Å². The van der Waals surface area contributed by atoms with Gasteiger partial charge in [-0.05, 0) is 12.1 Å². The largest absolute Gasteiger partial charge is 0.352 e. The number of aromatic nitrogens is 4. The SMILES string of the molecule is CC(C)(C)c1ccc(N2CCN(c3ncc(Cl)cn3)CC2)nn1. The van der Waals surface area contributed by atoms with Gasteiger partial charge in [-0.2, -0.15) is 5.10 Å². The van der Waals surface area contributed by atoms with Crippen LogP contribution < -0.4 is 9.80 Å². The molecule has 23 heavy (non-hydrogen) atoms. The second-order valence-electron chi connectivity index (χ2n) is 6.70. The van der Waals surface area contributed by atoms with Crippen LogP contribution in [0.15, 0.2) is 24.5 Å². The topological polar surface area (TPSA) is 58.0 Å². The zero-order chi connectivity index (χ0) is 16.4. The summed E-state index contributed by atoms with van der Waals surface area (Å²) in [5.74, 6) is 1.65. The summed E-state index contributed by atoms with van der Waals surface area (Å²) >= 11 is 5.83. The first-order valence-electron chi connectivity index (χ1n) is 7.75. The summed E-state index contributed by atoms with van der Waals surface area (Å²) in [6.45, 7) is 9.87. The highest BCUT2D eigenvalue weighted by atomic mass is 35.5. The van der Waals surface area contributed by atoms with Crippen LogP contribution in [-0.2, 0) is 5.41 Å². The minimum Gasteiger partial charge on any atom is -0.352 e. The Labute approximate surface area is 141 Å². The maximum atomic E-state index is 5.83. The Balaban J connectivity index is 1.63. The first kappa shape index (κ1) is 15.9. The van der Waals surface area contributed by atoms with Gasteiger partial charge in [-0.1, -0.05) is 32.4 Å². The number of nitrogens with zero attached hydrogens (tertiary/aromatic N) is 6. The van der Waals surface area contributed by atoms with Crippen molar-refractivity contribution in [2.24, 2.45) is 0 Å². The molecule has 1 saturated heterocycles. The van der Waals surface area contributed by atoms with Crippen molar-refractivity contribution in [3.8, 4) is 0 Å². The van der Waals surface area contributed by atoms with Crippen molar-refractivity contribution < 1.29 is 0 Å². The normalized spacial score (nSPS) is 15.8. The average molecular weight is 333 g/mol. The molecule has 0 atom stereocenters. The molecule has 3 rings (SSSR count). The maximum absolute atomic E-state index is 5.83. The van der Waals surface area contributed by atoms with Gasteiger partial charge in [0, 0.05) is 31.6 Å². The van der Waals surface area contributed by atoms with E-state index in [4.69, 9.17) is 11.6 Å². The number of halogens is 1. The Morgan fingerprint density at radius 3 is 2.04 bits per heavy atom. The van der Waals surface area contributed by atoms with E-state index in [9.17, 15) is 0 Å². The molecule has 0 amide bonds. The van der Waals surface area contributed by atoms with E-state index in [1.54, 1.807) is 12.4 Å². The smallest absolute Gasteiger partial charge is 0.225 e. The lowest BCUT2D eigenvalue weighted by Gasteiger charge is -2.35. The van der Waals surface area contributed by atoms with Gasteiger partial charge in [-0.25, -0.2) is 9.97 Å². The number of hydrogen-bond donors (Lipinski definition) is 0. The van der Waals surface area contributed by atoms with Gasteiger partial charge in [0.05, 0.1) is 23.1 Å². The molecule has 0 spiro atoms. The molecule has 0 aliphatic carbocycles. The quantitative estimate of drug-likeness (QED) is 0.842. The number of anilines is 2. The molecule has 7 heteroatoms. The fourth-order valence-electron chi connectivity index (χ4n) is 2.50. The molecule has 0 unspecified atom stereocenters. The minimum absolute atomic E-state index is 0.0240. The van der Waals surface area contributed by atoms with E-state index in [2.05, 4.69) is 62.9 Å². The third-order valence-electron chi connectivity index (χ3n) is 3.91. The van der Waals surface area contributed by atoms with Gasteiger partial charge in [0.1, 0.15) is 0 Å². The third-order valence-corrected chi connectivity index (χ3v) is 4.11. The molecule has 2 aromatic heterocycles. The lowest BCUT2D eigenvalue weighted by atomic mass is 9.92. The van der Waals surface area contributed by atoms with Gasteiger partial charge in [0.25, 0.3) is 0 Å². The number of hydrogen-bond acceptors (Lipinski definition) is 6. The molecular weight excluding hydrogens is 312 g/mol. The molecule has 6 nitrogen and oxygen atoms in total. The van der Waals surface area contributed by atoms with Crippen molar-refractivity contribution >= 4 is 23.4 Å². The van der Waals surface area contributed by atoms with Crippen molar-refractivity contribution in [2.45, 2.75) is 26.2 Å². The van der Waals surface area contributed by atoms with Crippen LogP contribution in [-0.4, -0.2) is 46.3 Å². The van der Waals surface area contributed by atoms with Crippen LogP contribution in [0.5, 0.6) is 0 Å². The molecular formula is C16H21ClN6. The monoisotopic (exact) mass is 332 g/mol. The van der Waals surface area contributed by atoms with Crippen LogP contribution in [0, 0.1) is 0 Å². The summed E-state index contributed by atoms with van der Waals surface area (Å²) in [5.41, 5.74) is 1.03. The third kappa shape index (κ3) is 3.69. The van der Waals surface area contributed by atoms with Gasteiger partial charge in [-0.15, -0.1) is 5.10 Å². The van der Waals surface area contributed by atoms with E-state index in [1.807, 2.05) is 0 Å². The molecule has 0 saturated carbocycles. The number of piperazine rings is 1. The van der Waals surface area contributed by atoms with E-state index in [1.165, 1.54) is 0 Å². The summed E-state index contributed by atoms with van der Waals surface area (Å²) in [6, 6.07) is 4.12. The van der Waals surface area contributed by atoms with Crippen molar-refractivity contribution in [3.63, 3.8) is 0 Å². The maximum Gasteiger partial charge on any atom is 0.225 e. The van der Waals surface area contributed by atoms with Crippen LogP contribution in [0.25, 0.3) is 0 Å². The Kier molecular flexibility index (Phi) is 4.35. The molecule has 1 aliphatic heterocycles. The minimum atomic E-state index is 0.0240. The Morgan fingerprint density at radius 1 is 0.913 bits per heavy atom. The van der Waals surface area contributed by atoms with E-state index < -0.39 is 0 Å². The zero-order valence-electron chi connectivity index (χ0n) is 13.7. The first-order chi connectivity index (χ1) is 10.9. The highest BCUT2D eigenvalue weighted by molar-refractivity contribution is 6.30. The van der Waals surface area contributed by atoms with Crippen LogP contribution in [0.4, 0.5) is 11.8 Å². The molecule has 0 N–H and O–H groups in total. The lowest BCUT2D eigenvalue weighted by molar-refractivity contribution is 0.556. The molecule has 0 aromatic carbocycles. The highest BCUT2D eigenvalue weighted by Gasteiger charge is 2.21. The van der Waals surface area contributed by atoms with Crippen LogP contribution in [0.1, 0.15) is 26.5 Å². The Morgan fingerprint density at radius 2 is 1.52 bits per heavy atom. The van der Waals surface area contributed by atoms with Gasteiger partial charge in [-0.3, -0.25) is 0 Å². The molecule has 3 heterocycles. The molecule has 1 fully saturated rings. The summed E-state index contributed by atoms with van der Waals surface area (Å²) in [6.07, 6.45) is 3.26. The van der Waals surface area contributed by atoms with Crippen molar-refractivity contribution in [3.05, 3.63) is 35.2 Å². The Bertz CT molecular complexity index is 642. The summed E-state index contributed by atoms with van der Waals surface area (Å²) < 4.78 is 0. The second-order valence-corrected chi connectivity index (χ2v) is 7.14. The summed E-state index contributed by atoms with van der Waals surface area (Å²) in [7, 11) is 0. The standard InChI is InChI=1S/C16H21ClN6/c1-16(2,3)13-4-5-14(21-20-13)22-6-8-23(9-7-22)15-18-10-12(17)11-19-15/h4-5,10-11H,6-9H2,1-3H3. The average Bonchev–Trinajstić information content (AvgIpc) is 2.55. The van der Waals surface area contributed by atoms with Crippen molar-refractivity contribution in [1.29, 1.82) is 0 Å². The van der Waals surface area contributed by atoms with Gasteiger partial charge in [0.15, 0.2) is 5.82 Å². The first-order valence-corrected chi connectivity index (χ1v) is 8.13. The molecule has 1 aliphatic rings. The van der Waals surface area contributed by atoms with E-state index in [0.717, 1.165) is 43.6 Å². The van der Waals surface area contributed by atoms with Gasteiger partial charge < -0.3 is 9.80 Å². The van der Waals surface area contributed by atoms with Crippen LogP contribution in [0.3, 0.4) is 0 Å². The van der Waals surface area contributed by atoms with E-state index in [0.29, 0.717) is 5.02 Å². The molecule has 0 radical (unpaired) electrons. The van der Waals surface area contributed by atoms with Crippen molar-refractivity contribution in [2.75, 3.05) is 36.0 Å². The zero-order valence-corrected chi connectivity index (χ0v) is 14.5. The van der Waals surface area contributed by atoms with E-state index >= 15 is 0 Å². The molecule has 122 valence electrons. The highest BCUT2D eigenvalue weighted by Crippen LogP contribution is 2.21. The fraction of sp³-hybridized carbons (Fsp3) is 0.500. The predicted octanol–water partition coefficient (Wildman–Crippen LogP) is 2.54. The number of rotatable bonds is 2. The lowest BCUT2D eigenvalue weighted by Crippen LogP contribution is -2.47. The second kappa shape index (κ2) is 6.28.